The van der Waals surface area contributed by atoms with Gasteiger partial charge in [0.15, 0.2) is 12.6 Å². The van der Waals surface area contributed by atoms with Crippen LogP contribution in [0.1, 0.15) is 11.1 Å². The Bertz CT molecular complexity index is 590. The van der Waals surface area contributed by atoms with E-state index in [1.54, 1.807) is 24.3 Å². The van der Waals surface area contributed by atoms with Gasteiger partial charge in [-0.3, -0.25) is 9.59 Å². The van der Waals surface area contributed by atoms with E-state index in [4.69, 9.17) is 10.2 Å². The van der Waals surface area contributed by atoms with Crippen molar-refractivity contribution >= 4 is 23.7 Å². The Hall–Kier alpha value is -2.63. The SMILES string of the molecule is O=C/C(=C\O)c1ccccc1.O=C/C(=C\O)c1ccccc1.[Co]. The van der Waals surface area contributed by atoms with Gasteiger partial charge in [0.25, 0.3) is 0 Å². The van der Waals surface area contributed by atoms with E-state index in [1.807, 2.05) is 36.4 Å². The van der Waals surface area contributed by atoms with Gasteiger partial charge in [-0.05, 0) is 11.1 Å². The minimum absolute atomic E-state index is 0. The van der Waals surface area contributed by atoms with Crippen LogP contribution in [-0.2, 0) is 26.4 Å². The summed E-state index contributed by atoms with van der Waals surface area (Å²) in [6.45, 7) is 0. The Kier molecular flexibility index (Phi) is 10.6. The maximum absolute atomic E-state index is 10.3. The summed E-state index contributed by atoms with van der Waals surface area (Å²) in [5, 5.41) is 17.2. The number of allylic oxidation sites excluding steroid dienone is 2. The van der Waals surface area contributed by atoms with Gasteiger partial charge < -0.3 is 10.2 Å². The first kappa shape index (κ1) is 20.4. The molecule has 0 bridgehead atoms. The van der Waals surface area contributed by atoms with Crippen LogP contribution in [0.4, 0.5) is 0 Å². The molecule has 2 aromatic rings. The van der Waals surface area contributed by atoms with Gasteiger partial charge in [0.05, 0.1) is 23.7 Å². The van der Waals surface area contributed by atoms with Crippen molar-refractivity contribution in [2.45, 2.75) is 0 Å². The zero-order chi connectivity index (χ0) is 16.2. The molecule has 1 radical (unpaired) electrons. The predicted octanol–water partition coefficient (Wildman–Crippen LogP) is 3.57. The maximum Gasteiger partial charge on any atom is 0.153 e. The molecule has 0 unspecified atom stereocenters. The predicted molar refractivity (Wildman–Crippen MR) is 86.2 cm³/mol. The van der Waals surface area contributed by atoms with Crippen molar-refractivity contribution in [3.8, 4) is 0 Å². The summed E-state index contributed by atoms with van der Waals surface area (Å²) >= 11 is 0. The second kappa shape index (κ2) is 12.0. The molecule has 0 spiro atoms. The first-order chi connectivity index (χ1) is 10.8. The van der Waals surface area contributed by atoms with Crippen molar-refractivity contribution in [2.75, 3.05) is 0 Å². The Morgan fingerprint density at radius 2 is 0.957 bits per heavy atom. The largest absolute Gasteiger partial charge is 0.515 e. The molecular formula is C18H16CoO4. The molecule has 2 rings (SSSR count). The summed E-state index contributed by atoms with van der Waals surface area (Å²) in [5.74, 6) is 0. The van der Waals surface area contributed by atoms with Crippen LogP contribution in [0, 0.1) is 0 Å². The van der Waals surface area contributed by atoms with E-state index in [2.05, 4.69) is 0 Å². The Labute approximate surface area is 145 Å². The van der Waals surface area contributed by atoms with Crippen LogP contribution in [0.2, 0.25) is 0 Å². The average molecular weight is 355 g/mol. The van der Waals surface area contributed by atoms with Gasteiger partial charge in [-0.2, -0.15) is 0 Å². The van der Waals surface area contributed by atoms with Gasteiger partial charge in [0.2, 0.25) is 0 Å². The number of rotatable bonds is 4. The number of aliphatic hydroxyl groups is 2. The van der Waals surface area contributed by atoms with Crippen LogP contribution in [-0.4, -0.2) is 22.8 Å². The van der Waals surface area contributed by atoms with E-state index in [0.717, 1.165) is 23.7 Å². The molecule has 0 aliphatic rings. The molecule has 2 aromatic carbocycles. The summed E-state index contributed by atoms with van der Waals surface area (Å²) < 4.78 is 0. The molecule has 0 aliphatic heterocycles. The third-order valence-electron chi connectivity index (χ3n) is 2.75. The molecule has 121 valence electrons. The van der Waals surface area contributed by atoms with E-state index < -0.39 is 0 Å². The molecule has 4 nitrogen and oxygen atoms in total. The summed E-state index contributed by atoms with van der Waals surface area (Å²) in [6, 6.07) is 18.0. The number of hydrogen-bond acceptors (Lipinski definition) is 4. The van der Waals surface area contributed by atoms with Crippen molar-refractivity contribution in [1.29, 1.82) is 0 Å². The van der Waals surface area contributed by atoms with Gasteiger partial charge in [-0.1, -0.05) is 60.7 Å². The fourth-order valence-electron chi connectivity index (χ4n) is 1.61. The van der Waals surface area contributed by atoms with Crippen LogP contribution in [0.25, 0.3) is 11.1 Å². The van der Waals surface area contributed by atoms with Crippen LogP contribution >= 0.6 is 0 Å². The molecule has 0 saturated carbocycles. The summed E-state index contributed by atoms with van der Waals surface area (Å²) in [7, 11) is 0. The van der Waals surface area contributed by atoms with E-state index in [9.17, 15) is 9.59 Å². The van der Waals surface area contributed by atoms with E-state index >= 15 is 0 Å². The van der Waals surface area contributed by atoms with Gasteiger partial charge in [-0.25, -0.2) is 0 Å². The van der Waals surface area contributed by atoms with Crippen molar-refractivity contribution < 1.29 is 36.6 Å². The average Bonchev–Trinajstić information content (AvgIpc) is 2.60. The molecule has 0 fully saturated rings. The molecule has 0 saturated heterocycles. The first-order valence-corrected chi connectivity index (χ1v) is 6.46. The van der Waals surface area contributed by atoms with Gasteiger partial charge in [-0.15, -0.1) is 0 Å². The standard InChI is InChI=1S/2C9H8O2.Co/c2*10-6-9(7-11)8-4-2-1-3-5-8;/h2*1-7,10H;/b2*9-6+;. The molecule has 0 atom stereocenters. The minimum atomic E-state index is 0. The molecular weight excluding hydrogens is 339 g/mol. The van der Waals surface area contributed by atoms with E-state index in [-0.39, 0.29) is 16.8 Å². The smallest absolute Gasteiger partial charge is 0.153 e. The third kappa shape index (κ3) is 6.77. The second-order valence-electron chi connectivity index (χ2n) is 4.14. The summed E-state index contributed by atoms with van der Waals surface area (Å²) in [4.78, 5) is 20.6. The van der Waals surface area contributed by atoms with Gasteiger partial charge in [0.1, 0.15) is 0 Å². The quantitative estimate of drug-likeness (QED) is 0.500. The molecule has 0 aliphatic carbocycles. The topological polar surface area (TPSA) is 74.6 Å². The van der Waals surface area contributed by atoms with Crippen molar-refractivity contribution in [3.63, 3.8) is 0 Å². The third-order valence-corrected chi connectivity index (χ3v) is 2.75. The Morgan fingerprint density at radius 1 is 0.652 bits per heavy atom. The maximum atomic E-state index is 10.3. The van der Waals surface area contributed by atoms with Crippen molar-refractivity contribution in [1.82, 2.24) is 0 Å². The number of carbonyl (C=O) groups is 2. The van der Waals surface area contributed by atoms with Crippen LogP contribution in [0.3, 0.4) is 0 Å². The van der Waals surface area contributed by atoms with E-state index in [1.165, 1.54) is 0 Å². The second-order valence-corrected chi connectivity index (χ2v) is 4.14. The zero-order valence-electron chi connectivity index (χ0n) is 12.1. The van der Waals surface area contributed by atoms with Crippen LogP contribution < -0.4 is 0 Å². The fourth-order valence-corrected chi connectivity index (χ4v) is 1.61. The number of hydrogen-bond donors (Lipinski definition) is 2. The monoisotopic (exact) mass is 355 g/mol. The van der Waals surface area contributed by atoms with Crippen molar-refractivity contribution in [2.24, 2.45) is 0 Å². The molecule has 23 heavy (non-hydrogen) atoms. The fraction of sp³-hybridized carbons (Fsp3) is 0. The molecule has 0 aromatic heterocycles. The van der Waals surface area contributed by atoms with Crippen molar-refractivity contribution in [3.05, 3.63) is 84.3 Å². The Morgan fingerprint density at radius 3 is 1.17 bits per heavy atom. The van der Waals surface area contributed by atoms with Gasteiger partial charge >= 0.3 is 0 Å². The van der Waals surface area contributed by atoms with Crippen LogP contribution in [0.15, 0.2) is 73.2 Å². The number of carbonyl (C=O) groups excluding carboxylic acids is 2. The normalized spacial score (nSPS) is 10.6. The number of aliphatic hydroxyl groups excluding tert-OH is 2. The summed E-state index contributed by atoms with van der Waals surface area (Å²) in [5.41, 5.74) is 2.05. The van der Waals surface area contributed by atoms with Crippen LogP contribution in [0.5, 0.6) is 0 Å². The summed E-state index contributed by atoms with van der Waals surface area (Å²) in [6.07, 6.45) is 2.86. The number of aldehydes is 2. The molecule has 2 N–H and O–H groups in total. The number of benzene rings is 2. The zero-order valence-corrected chi connectivity index (χ0v) is 13.2. The molecule has 0 amide bonds. The first-order valence-electron chi connectivity index (χ1n) is 6.46. The molecule has 0 heterocycles. The Balaban J connectivity index is 0.000000403. The minimum Gasteiger partial charge on any atom is -0.515 e. The van der Waals surface area contributed by atoms with Gasteiger partial charge in [0, 0.05) is 16.8 Å². The molecule has 5 heteroatoms. The van der Waals surface area contributed by atoms with E-state index in [0.29, 0.717) is 23.7 Å².